The summed E-state index contributed by atoms with van der Waals surface area (Å²) < 4.78 is 1.71. The van der Waals surface area contributed by atoms with Crippen LogP contribution in [0, 0.1) is 20.8 Å². The molecule has 4 rings (SSSR count). The van der Waals surface area contributed by atoms with Crippen molar-refractivity contribution in [3.63, 3.8) is 0 Å². The molecular weight excluding hydrogens is 406 g/mol. The molecule has 0 spiro atoms. The summed E-state index contributed by atoms with van der Waals surface area (Å²) in [6.45, 7) is 8.09. The summed E-state index contributed by atoms with van der Waals surface area (Å²) in [6, 6.07) is 14.2. The highest BCUT2D eigenvalue weighted by atomic mass is 32.1. The average molecular weight is 432 g/mol. The number of aryl methyl sites for hydroxylation is 3. The van der Waals surface area contributed by atoms with Crippen molar-refractivity contribution in [3.8, 4) is 16.3 Å². The summed E-state index contributed by atoms with van der Waals surface area (Å²) in [4.78, 5) is 24.4. The van der Waals surface area contributed by atoms with Crippen molar-refractivity contribution in [3.05, 3.63) is 82.4 Å². The molecule has 31 heavy (non-hydrogen) atoms. The summed E-state index contributed by atoms with van der Waals surface area (Å²) in [7, 11) is 1.84. The summed E-state index contributed by atoms with van der Waals surface area (Å²) in [5.41, 5.74) is 6.22. The molecule has 7 heteroatoms. The Kier molecular flexibility index (Phi) is 5.69. The van der Waals surface area contributed by atoms with Crippen LogP contribution in [0.15, 0.2) is 55.1 Å². The molecule has 0 bridgehead atoms. The number of hydrogen-bond donors (Lipinski definition) is 0. The minimum Gasteiger partial charge on any atom is -0.334 e. The van der Waals surface area contributed by atoms with Crippen LogP contribution in [0.5, 0.6) is 0 Å². The molecule has 0 saturated heterocycles. The molecule has 1 atom stereocenters. The lowest BCUT2D eigenvalue weighted by atomic mass is 10.1. The number of hydrogen-bond acceptors (Lipinski definition) is 5. The van der Waals surface area contributed by atoms with E-state index in [1.807, 2.05) is 45.2 Å². The van der Waals surface area contributed by atoms with Crippen LogP contribution in [-0.4, -0.2) is 37.6 Å². The van der Waals surface area contributed by atoms with E-state index in [1.54, 1.807) is 15.9 Å². The van der Waals surface area contributed by atoms with Gasteiger partial charge in [0.2, 0.25) is 0 Å². The Bertz CT molecular complexity index is 1210. The van der Waals surface area contributed by atoms with E-state index in [9.17, 15) is 4.79 Å². The molecule has 2 aromatic heterocycles. The first-order chi connectivity index (χ1) is 14.8. The number of rotatable bonds is 5. The van der Waals surface area contributed by atoms with Gasteiger partial charge in [-0.3, -0.25) is 4.79 Å². The summed E-state index contributed by atoms with van der Waals surface area (Å²) in [5, 5.41) is 5.03. The second-order valence-corrected chi connectivity index (χ2v) is 8.77. The van der Waals surface area contributed by atoms with Gasteiger partial charge < -0.3 is 4.90 Å². The van der Waals surface area contributed by atoms with Gasteiger partial charge in [0.1, 0.15) is 22.5 Å². The van der Waals surface area contributed by atoms with Crippen molar-refractivity contribution in [2.24, 2.45) is 0 Å². The normalized spacial score (nSPS) is 12.0. The largest absolute Gasteiger partial charge is 0.334 e. The van der Waals surface area contributed by atoms with Gasteiger partial charge in [-0.25, -0.2) is 14.6 Å². The second kappa shape index (κ2) is 8.43. The Morgan fingerprint density at radius 3 is 2.48 bits per heavy atom. The van der Waals surface area contributed by atoms with Crippen LogP contribution in [0.4, 0.5) is 0 Å². The van der Waals surface area contributed by atoms with E-state index < -0.39 is 0 Å². The quantitative estimate of drug-likeness (QED) is 0.438. The Labute approximate surface area is 186 Å². The Balaban J connectivity index is 1.55. The monoisotopic (exact) mass is 431 g/mol. The molecule has 6 nitrogen and oxygen atoms in total. The van der Waals surface area contributed by atoms with Crippen LogP contribution in [0.2, 0.25) is 0 Å². The van der Waals surface area contributed by atoms with E-state index in [2.05, 4.69) is 42.1 Å². The van der Waals surface area contributed by atoms with Crippen molar-refractivity contribution in [1.82, 2.24) is 24.6 Å². The van der Waals surface area contributed by atoms with Gasteiger partial charge >= 0.3 is 0 Å². The van der Waals surface area contributed by atoms with Gasteiger partial charge in [0.05, 0.1) is 17.4 Å². The molecule has 0 saturated carbocycles. The molecular formula is C24H25N5OS. The summed E-state index contributed by atoms with van der Waals surface area (Å²) >= 11 is 1.46. The average Bonchev–Trinajstić information content (AvgIpc) is 3.42. The maximum atomic E-state index is 13.3. The smallest absolute Gasteiger partial charge is 0.266 e. The highest BCUT2D eigenvalue weighted by molar-refractivity contribution is 7.17. The molecule has 0 aliphatic carbocycles. The third-order valence-electron chi connectivity index (χ3n) is 5.56. The van der Waals surface area contributed by atoms with E-state index in [1.165, 1.54) is 28.8 Å². The van der Waals surface area contributed by atoms with Gasteiger partial charge in [-0.15, -0.1) is 11.3 Å². The van der Waals surface area contributed by atoms with Gasteiger partial charge in [0.25, 0.3) is 5.91 Å². The van der Waals surface area contributed by atoms with Gasteiger partial charge in [0.15, 0.2) is 0 Å². The van der Waals surface area contributed by atoms with Gasteiger partial charge in [-0.05, 0) is 51.0 Å². The lowest BCUT2D eigenvalue weighted by molar-refractivity contribution is 0.0746. The second-order valence-electron chi connectivity index (χ2n) is 7.78. The molecule has 158 valence electrons. The van der Waals surface area contributed by atoms with E-state index in [0.29, 0.717) is 4.88 Å². The number of carbonyl (C=O) groups excluding carboxylic acids is 1. The van der Waals surface area contributed by atoms with Crippen molar-refractivity contribution in [1.29, 1.82) is 0 Å². The molecule has 0 aliphatic rings. The lowest BCUT2D eigenvalue weighted by Gasteiger charge is -2.25. The molecule has 0 radical (unpaired) electrons. The van der Waals surface area contributed by atoms with E-state index in [4.69, 9.17) is 4.98 Å². The minimum absolute atomic E-state index is 0.0149. The zero-order valence-electron chi connectivity index (χ0n) is 18.3. The topological polar surface area (TPSA) is 63.9 Å². The predicted molar refractivity (Wildman–Crippen MR) is 124 cm³/mol. The van der Waals surface area contributed by atoms with Crippen molar-refractivity contribution < 1.29 is 4.79 Å². The maximum Gasteiger partial charge on any atom is 0.266 e. The fourth-order valence-corrected chi connectivity index (χ4v) is 4.71. The molecule has 2 aromatic carbocycles. The van der Waals surface area contributed by atoms with E-state index in [0.717, 1.165) is 27.5 Å². The summed E-state index contributed by atoms with van der Waals surface area (Å²) in [5.74, 6) is -0.0149. The van der Waals surface area contributed by atoms with Crippen LogP contribution in [0.3, 0.4) is 0 Å². The van der Waals surface area contributed by atoms with Crippen LogP contribution in [0.25, 0.3) is 16.3 Å². The van der Waals surface area contributed by atoms with E-state index >= 15 is 0 Å². The molecule has 1 amide bonds. The molecule has 0 fully saturated rings. The molecule has 4 aromatic rings. The fraction of sp³-hybridized carbons (Fsp3) is 0.250. The molecule has 0 N–H and O–H groups in total. The Morgan fingerprint density at radius 2 is 1.84 bits per heavy atom. The maximum absolute atomic E-state index is 13.3. The van der Waals surface area contributed by atoms with Crippen molar-refractivity contribution >= 4 is 17.2 Å². The zero-order valence-corrected chi connectivity index (χ0v) is 19.1. The molecule has 1 unspecified atom stereocenters. The standard InChI is InChI=1S/C24H25N5OS/c1-15-6-11-21(16(2)12-15)23-27-17(3)22(31-23)24(30)28(5)18(4)19-7-9-20(10-8-19)29-14-25-13-26-29/h6-14,18H,1-5H3. The highest BCUT2D eigenvalue weighted by Gasteiger charge is 2.24. The van der Waals surface area contributed by atoms with Gasteiger partial charge in [0, 0.05) is 12.6 Å². The highest BCUT2D eigenvalue weighted by Crippen LogP contribution is 2.32. The third kappa shape index (κ3) is 4.14. The number of carbonyl (C=O) groups is 1. The molecule has 0 aliphatic heterocycles. The van der Waals surface area contributed by atoms with Gasteiger partial charge in [-0.2, -0.15) is 5.10 Å². The number of aromatic nitrogens is 4. The van der Waals surface area contributed by atoms with E-state index in [-0.39, 0.29) is 11.9 Å². The van der Waals surface area contributed by atoms with Crippen LogP contribution >= 0.6 is 11.3 Å². The first-order valence-electron chi connectivity index (χ1n) is 10.1. The first-order valence-corrected chi connectivity index (χ1v) is 10.9. The third-order valence-corrected chi connectivity index (χ3v) is 6.74. The SMILES string of the molecule is Cc1ccc(-c2nc(C)c(C(=O)N(C)C(C)c3ccc(-n4cncn4)cc3)s2)c(C)c1. The first kappa shape index (κ1) is 20.9. The number of thiazole rings is 1. The van der Waals surface area contributed by atoms with Gasteiger partial charge in [-0.1, -0.05) is 35.9 Å². The van der Waals surface area contributed by atoms with Crippen molar-refractivity contribution in [2.75, 3.05) is 7.05 Å². The zero-order chi connectivity index (χ0) is 22.1. The minimum atomic E-state index is -0.0802. The summed E-state index contributed by atoms with van der Waals surface area (Å²) in [6.07, 6.45) is 3.17. The number of nitrogens with zero attached hydrogens (tertiary/aromatic N) is 5. The Morgan fingerprint density at radius 1 is 1.10 bits per heavy atom. The Hall–Kier alpha value is -3.32. The predicted octanol–water partition coefficient (Wildman–Crippen LogP) is 5.15. The fourth-order valence-electron chi connectivity index (χ4n) is 3.57. The van der Waals surface area contributed by atoms with Crippen LogP contribution in [-0.2, 0) is 0 Å². The van der Waals surface area contributed by atoms with Crippen LogP contribution < -0.4 is 0 Å². The van der Waals surface area contributed by atoms with Crippen molar-refractivity contribution in [2.45, 2.75) is 33.7 Å². The molecule has 2 heterocycles. The van der Waals surface area contributed by atoms with Crippen LogP contribution in [0.1, 0.15) is 45.0 Å². The lowest BCUT2D eigenvalue weighted by Crippen LogP contribution is -2.29. The number of amides is 1. The number of benzene rings is 2.